The average molecular weight is 713 g/mol. The molecule has 0 saturated carbocycles. The summed E-state index contributed by atoms with van der Waals surface area (Å²) in [6.07, 6.45) is 0.429. The van der Waals surface area contributed by atoms with Gasteiger partial charge in [0, 0.05) is 54.7 Å². The largest absolute Gasteiger partial charge is 0.462 e. The Kier molecular flexibility index (Phi) is 12.2. The van der Waals surface area contributed by atoms with Crippen LogP contribution in [0.4, 0.5) is 0 Å². The second-order valence-electron chi connectivity index (χ2n) is 10.6. The van der Waals surface area contributed by atoms with E-state index in [9.17, 15) is 28.8 Å². The van der Waals surface area contributed by atoms with Crippen LogP contribution in [0.25, 0.3) is 0 Å². The number of esters is 4. The minimum Gasteiger partial charge on any atom is -0.462 e. The fraction of sp³-hybridized carbons (Fsp3) is 0.211. The highest BCUT2D eigenvalue weighted by atomic mass is 32.2. The summed E-state index contributed by atoms with van der Waals surface area (Å²) in [6.45, 7) is 2.97. The topological polar surface area (TPSA) is 139 Å². The molecule has 10 nitrogen and oxygen atoms in total. The molecule has 0 amide bonds. The van der Waals surface area contributed by atoms with Gasteiger partial charge in [-0.15, -0.1) is 0 Å². The third kappa shape index (κ3) is 8.32. The van der Waals surface area contributed by atoms with Crippen LogP contribution in [-0.2, 0) is 28.5 Å². The van der Waals surface area contributed by atoms with Crippen LogP contribution in [0, 0.1) is 0 Å². The zero-order chi connectivity index (χ0) is 35.6. The molecule has 4 aromatic carbocycles. The lowest BCUT2D eigenvalue weighted by molar-refractivity contribution is -0.145. The Morgan fingerprint density at radius 3 is 1.24 bits per heavy atom. The van der Waals surface area contributed by atoms with Crippen molar-refractivity contribution in [2.45, 2.75) is 46.3 Å². The first-order valence-corrected chi connectivity index (χ1v) is 17.4. The highest BCUT2D eigenvalue weighted by molar-refractivity contribution is 7.99. The van der Waals surface area contributed by atoms with Crippen LogP contribution in [0.15, 0.2) is 105 Å². The van der Waals surface area contributed by atoms with Crippen molar-refractivity contribution in [2.24, 2.45) is 0 Å². The summed E-state index contributed by atoms with van der Waals surface area (Å²) in [5, 5.41) is 0. The summed E-state index contributed by atoms with van der Waals surface area (Å²) in [5.41, 5.74) is 1.38. The molecular formula is C38H32O10S2. The van der Waals surface area contributed by atoms with Crippen molar-refractivity contribution >= 4 is 59.0 Å². The van der Waals surface area contributed by atoms with Gasteiger partial charge < -0.3 is 18.9 Å². The monoisotopic (exact) mass is 712 g/mol. The van der Waals surface area contributed by atoms with E-state index < -0.39 is 23.9 Å². The summed E-state index contributed by atoms with van der Waals surface area (Å²) < 4.78 is 20.6. The van der Waals surface area contributed by atoms with Gasteiger partial charge in [-0.2, -0.15) is 0 Å². The number of benzene rings is 4. The van der Waals surface area contributed by atoms with Crippen LogP contribution < -0.4 is 0 Å². The van der Waals surface area contributed by atoms with Gasteiger partial charge in [-0.1, -0.05) is 85.9 Å². The maximum absolute atomic E-state index is 14.1. The van der Waals surface area contributed by atoms with Crippen LogP contribution in [0.5, 0.6) is 0 Å². The van der Waals surface area contributed by atoms with E-state index in [0.717, 1.165) is 23.5 Å². The smallest absolute Gasteiger partial charge is 0.339 e. The van der Waals surface area contributed by atoms with Crippen LogP contribution in [0.2, 0.25) is 0 Å². The first kappa shape index (κ1) is 36.1. The van der Waals surface area contributed by atoms with E-state index in [4.69, 9.17) is 18.9 Å². The molecule has 1 aliphatic carbocycles. The van der Waals surface area contributed by atoms with Crippen molar-refractivity contribution in [3.05, 3.63) is 118 Å². The molecule has 0 unspecified atom stereocenters. The molecule has 0 fully saturated rings. The zero-order valence-electron chi connectivity index (χ0n) is 27.2. The second-order valence-corrected chi connectivity index (χ2v) is 12.8. The van der Waals surface area contributed by atoms with Crippen LogP contribution in [0.1, 0.15) is 79.2 Å². The van der Waals surface area contributed by atoms with Gasteiger partial charge in [0.25, 0.3) is 0 Å². The van der Waals surface area contributed by atoms with E-state index >= 15 is 0 Å². The molecule has 256 valence electrons. The minimum absolute atomic E-state index is 0.0659. The number of hydrogen-bond donors (Lipinski definition) is 0. The Bertz CT molecular complexity index is 1830. The molecule has 0 spiro atoms. The second kappa shape index (κ2) is 17.0. The van der Waals surface area contributed by atoms with Gasteiger partial charge in [0.15, 0.2) is 11.6 Å². The summed E-state index contributed by atoms with van der Waals surface area (Å²) in [7, 11) is 0. The summed E-state index contributed by atoms with van der Waals surface area (Å²) in [6, 6.07) is 23.5. The molecule has 0 saturated heterocycles. The van der Waals surface area contributed by atoms with Crippen molar-refractivity contribution in [2.75, 3.05) is 26.4 Å². The van der Waals surface area contributed by atoms with Crippen LogP contribution in [-0.4, -0.2) is 61.9 Å². The number of ether oxygens (including phenoxy) is 4. The Labute approximate surface area is 296 Å². The minimum atomic E-state index is -0.621. The Balaban J connectivity index is 1.37. The molecule has 1 aliphatic rings. The van der Waals surface area contributed by atoms with Gasteiger partial charge >= 0.3 is 23.9 Å². The van der Waals surface area contributed by atoms with E-state index in [1.165, 1.54) is 0 Å². The number of ketones is 2. The van der Waals surface area contributed by atoms with E-state index in [2.05, 4.69) is 0 Å². The first-order valence-electron chi connectivity index (χ1n) is 15.8. The van der Waals surface area contributed by atoms with Crippen LogP contribution >= 0.6 is 23.5 Å². The van der Waals surface area contributed by atoms with Crippen LogP contribution in [0.3, 0.4) is 0 Å². The number of carbonyl (C=O) groups excluding carboxylic acids is 6. The SMILES string of the molecule is CCC(=O)OCCOC(=O)c1ccccc1Sc1cccc2c1C(=O)c1cccc(Sc3ccccc3C(=O)OCCOC(=O)CC)c1C2=O. The predicted octanol–water partition coefficient (Wildman–Crippen LogP) is 6.98. The van der Waals surface area contributed by atoms with Crippen molar-refractivity contribution in [3.8, 4) is 0 Å². The fourth-order valence-corrected chi connectivity index (χ4v) is 7.17. The molecule has 0 atom stereocenters. The third-order valence-corrected chi connectivity index (χ3v) is 9.66. The number of fused-ring (bicyclic) bond motifs is 2. The van der Waals surface area contributed by atoms with E-state index in [0.29, 0.717) is 19.6 Å². The Morgan fingerprint density at radius 1 is 0.480 bits per heavy atom. The van der Waals surface area contributed by atoms with Gasteiger partial charge in [-0.3, -0.25) is 19.2 Å². The lowest BCUT2D eigenvalue weighted by atomic mass is 9.84. The third-order valence-electron chi connectivity index (χ3n) is 7.39. The highest BCUT2D eigenvalue weighted by Gasteiger charge is 2.34. The molecule has 4 aromatic rings. The summed E-state index contributed by atoms with van der Waals surface area (Å²) >= 11 is 2.33. The number of hydrogen-bond acceptors (Lipinski definition) is 12. The van der Waals surface area contributed by atoms with E-state index in [1.807, 2.05) is 0 Å². The lowest BCUT2D eigenvalue weighted by Gasteiger charge is -2.22. The maximum Gasteiger partial charge on any atom is 0.339 e. The van der Waals surface area contributed by atoms with Gasteiger partial charge in [-0.05, 0) is 36.4 Å². The Morgan fingerprint density at radius 2 is 0.840 bits per heavy atom. The van der Waals surface area contributed by atoms with Crippen molar-refractivity contribution in [1.82, 2.24) is 0 Å². The van der Waals surface area contributed by atoms with Gasteiger partial charge in [0.1, 0.15) is 26.4 Å². The molecule has 12 heteroatoms. The molecule has 0 radical (unpaired) electrons. The molecule has 50 heavy (non-hydrogen) atoms. The van der Waals surface area contributed by atoms with Gasteiger partial charge in [-0.25, -0.2) is 9.59 Å². The standard InChI is InChI=1S/C38H32O10S2/c1-3-31(39)45-19-21-47-37(43)23-11-5-7-15-27(23)49-29-17-9-13-25-33(29)35(41)26-14-10-18-30(34(26)36(25)42)50-28-16-8-6-12-24(28)38(44)48-22-20-46-32(40)4-2/h5-18H,3-4,19-22H2,1-2H3. The molecule has 0 aliphatic heterocycles. The zero-order valence-corrected chi connectivity index (χ0v) is 28.9. The lowest BCUT2D eigenvalue weighted by Crippen LogP contribution is -2.22. The Hall–Kier alpha value is -5.20. The van der Waals surface area contributed by atoms with Crippen molar-refractivity contribution < 1.29 is 47.7 Å². The molecular weight excluding hydrogens is 681 g/mol. The predicted molar refractivity (Wildman–Crippen MR) is 184 cm³/mol. The molecule has 0 N–H and O–H groups in total. The molecule has 0 aromatic heterocycles. The van der Waals surface area contributed by atoms with Crippen molar-refractivity contribution in [3.63, 3.8) is 0 Å². The van der Waals surface area contributed by atoms with Gasteiger partial charge in [0.05, 0.1) is 11.1 Å². The number of rotatable bonds is 14. The molecule has 0 heterocycles. The van der Waals surface area contributed by atoms with Gasteiger partial charge in [0.2, 0.25) is 0 Å². The first-order chi connectivity index (χ1) is 24.2. The fourth-order valence-electron chi connectivity index (χ4n) is 4.97. The summed E-state index contributed by atoms with van der Waals surface area (Å²) in [5.74, 6) is -2.74. The maximum atomic E-state index is 14.1. The van der Waals surface area contributed by atoms with E-state index in [-0.39, 0.29) is 84.2 Å². The number of carbonyl (C=O) groups is 6. The quantitative estimate of drug-likeness (QED) is 0.0666. The van der Waals surface area contributed by atoms with E-state index in [1.54, 1.807) is 98.8 Å². The average Bonchev–Trinajstić information content (AvgIpc) is 3.14. The van der Waals surface area contributed by atoms with Crippen molar-refractivity contribution in [1.29, 1.82) is 0 Å². The highest BCUT2D eigenvalue weighted by Crippen LogP contribution is 2.42. The summed E-state index contributed by atoms with van der Waals surface area (Å²) in [4.78, 5) is 78.9. The molecule has 5 rings (SSSR count). The normalized spacial score (nSPS) is 11.6. The molecule has 0 bridgehead atoms.